The van der Waals surface area contributed by atoms with E-state index in [9.17, 15) is 13.5 Å². The van der Waals surface area contributed by atoms with Gasteiger partial charge in [0, 0.05) is 30.9 Å². The molecule has 0 aliphatic carbocycles. The number of nitrogens with zero attached hydrogens (tertiary/aromatic N) is 1. The summed E-state index contributed by atoms with van der Waals surface area (Å²) in [6.07, 6.45) is 3.77. The lowest BCUT2D eigenvalue weighted by molar-refractivity contribution is 0.191. The summed E-state index contributed by atoms with van der Waals surface area (Å²) in [5.41, 5.74) is 1.53. The molecule has 0 spiro atoms. The van der Waals surface area contributed by atoms with E-state index < -0.39 is 15.9 Å². The van der Waals surface area contributed by atoms with E-state index in [0.717, 1.165) is 11.3 Å². The van der Waals surface area contributed by atoms with Gasteiger partial charge in [-0.2, -0.15) is 0 Å². The molecule has 0 aliphatic rings. The van der Waals surface area contributed by atoms with Gasteiger partial charge < -0.3 is 10.4 Å². The van der Waals surface area contributed by atoms with Crippen LogP contribution in [0.25, 0.3) is 0 Å². The SMILES string of the molecule is CS(=O)(=O)c1ccc(NCC(O)c2ccncc2)cc1. The van der Waals surface area contributed by atoms with Crippen LogP contribution in [0.4, 0.5) is 5.69 Å². The molecule has 6 heteroatoms. The van der Waals surface area contributed by atoms with E-state index in [0.29, 0.717) is 6.54 Å². The Bertz CT molecular complexity index is 655. The molecule has 20 heavy (non-hydrogen) atoms. The fraction of sp³-hybridized carbons (Fsp3) is 0.214. The summed E-state index contributed by atoms with van der Waals surface area (Å²) in [6, 6.07) is 9.93. The van der Waals surface area contributed by atoms with Crippen LogP contribution in [0.5, 0.6) is 0 Å². The monoisotopic (exact) mass is 292 g/mol. The molecule has 0 amide bonds. The summed E-state index contributed by atoms with van der Waals surface area (Å²) in [6.45, 7) is 0.336. The van der Waals surface area contributed by atoms with Crippen molar-refractivity contribution in [2.24, 2.45) is 0 Å². The summed E-state index contributed by atoms with van der Waals surface area (Å²) in [5, 5.41) is 13.0. The average molecular weight is 292 g/mol. The molecule has 1 unspecified atom stereocenters. The molecule has 0 fully saturated rings. The summed E-state index contributed by atoms with van der Waals surface area (Å²) < 4.78 is 22.7. The summed E-state index contributed by atoms with van der Waals surface area (Å²) in [5.74, 6) is 0. The van der Waals surface area contributed by atoms with Crippen LogP contribution >= 0.6 is 0 Å². The van der Waals surface area contributed by atoms with E-state index >= 15 is 0 Å². The van der Waals surface area contributed by atoms with Crippen molar-refractivity contribution in [3.05, 3.63) is 54.4 Å². The molecule has 1 atom stereocenters. The summed E-state index contributed by atoms with van der Waals surface area (Å²) in [4.78, 5) is 4.17. The number of pyridine rings is 1. The number of rotatable bonds is 5. The second kappa shape index (κ2) is 6.02. The molecule has 5 nitrogen and oxygen atoms in total. The minimum absolute atomic E-state index is 0.276. The molecule has 2 rings (SSSR count). The van der Waals surface area contributed by atoms with Gasteiger partial charge in [-0.15, -0.1) is 0 Å². The maximum atomic E-state index is 11.3. The summed E-state index contributed by atoms with van der Waals surface area (Å²) in [7, 11) is -3.18. The lowest BCUT2D eigenvalue weighted by Gasteiger charge is -2.13. The molecule has 0 bridgehead atoms. The minimum atomic E-state index is -3.18. The first-order chi connectivity index (χ1) is 9.47. The average Bonchev–Trinajstić information content (AvgIpc) is 2.45. The third kappa shape index (κ3) is 3.79. The predicted octanol–water partition coefficient (Wildman–Crippen LogP) is 1.63. The first-order valence-electron chi connectivity index (χ1n) is 6.09. The Morgan fingerprint density at radius 2 is 1.75 bits per heavy atom. The number of benzene rings is 1. The Labute approximate surface area is 118 Å². The molecule has 0 saturated carbocycles. The number of aliphatic hydroxyl groups is 1. The quantitative estimate of drug-likeness (QED) is 0.875. The fourth-order valence-corrected chi connectivity index (χ4v) is 2.37. The zero-order valence-corrected chi connectivity index (χ0v) is 11.8. The molecule has 1 aromatic heterocycles. The Morgan fingerprint density at radius 3 is 2.30 bits per heavy atom. The van der Waals surface area contributed by atoms with Crippen LogP contribution in [0.2, 0.25) is 0 Å². The predicted molar refractivity (Wildman–Crippen MR) is 77.2 cm³/mol. The first kappa shape index (κ1) is 14.5. The fourth-order valence-electron chi connectivity index (χ4n) is 1.74. The van der Waals surface area contributed by atoms with Crippen LogP contribution in [0.3, 0.4) is 0 Å². The molecule has 0 radical (unpaired) electrons. The Hall–Kier alpha value is -1.92. The number of sulfone groups is 1. The van der Waals surface area contributed by atoms with Gasteiger partial charge in [-0.1, -0.05) is 0 Å². The van der Waals surface area contributed by atoms with E-state index in [-0.39, 0.29) is 4.90 Å². The topological polar surface area (TPSA) is 79.3 Å². The van der Waals surface area contributed by atoms with Crippen molar-refractivity contribution < 1.29 is 13.5 Å². The van der Waals surface area contributed by atoms with Crippen LogP contribution in [0.15, 0.2) is 53.7 Å². The molecule has 1 heterocycles. The van der Waals surface area contributed by atoms with Gasteiger partial charge in [-0.25, -0.2) is 8.42 Å². The van der Waals surface area contributed by atoms with Crippen LogP contribution in [-0.4, -0.2) is 31.3 Å². The van der Waals surface area contributed by atoms with Crippen molar-refractivity contribution in [2.75, 3.05) is 18.1 Å². The number of aliphatic hydroxyl groups excluding tert-OH is 1. The Morgan fingerprint density at radius 1 is 1.15 bits per heavy atom. The number of aromatic nitrogens is 1. The van der Waals surface area contributed by atoms with Gasteiger partial charge >= 0.3 is 0 Å². The van der Waals surface area contributed by atoms with Gasteiger partial charge in [-0.05, 0) is 42.0 Å². The van der Waals surface area contributed by atoms with Crippen molar-refractivity contribution in [1.82, 2.24) is 4.98 Å². The second-order valence-electron chi connectivity index (χ2n) is 4.47. The van der Waals surface area contributed by atoms with Gasteiger partial charge in [0.1, 0.15) is 0 Å². The minimum Gasteiger partial charge on any atom is -0.387 e. The zero-order chi connectivity index (χ0) is 14.6. The number of anilines is 1. The molecule has 2 aromatic rings. The van der Waals surface area contributed by atoms with Gasteiger partial charge in [0.05, 0.1) is 11.0 Å². The van der Waals surface area contributed by atoms with E-state index in [4.69, 9.17) is 0 Å². The van der Waals surface area contributed by atoms with Gasteiger partial charge in [-0.3, -0.25) is 4.98 Å². The first-order valence-corrected chi connectivity index (χ1v) is 7.98. The van der Waals surface area contributed by atoms with Crippen molar-refractivity contribution in [3.63, 3.8) is 0 Å². The molecule has 0 saturated heterocycles. The Balaban J connectivity index is 1.98. The standard InChI is InChI=1S/C14H16N2O3S/c1-20(18,19)13-4-2-12(3-5-13)16-10-14(17)11-6-8-15-9-7-11/h2-9,14,16-17H,10H2,1H3. The van der Waals surface area contributed by atoms with Gasteiger partial charge in [0.15, 0.2) is 9.84 Å². The normalized spacial score (nSPS) is 12.9. The maximum absolute atomic E-state index is 11.3. The van der Waals surface area contributed by atoms with Crippen LogP contribution < -0.4 is 5.32 Å². The number of nitrogens with one attached hydrogen (secondary N) is 1. The highest BCUT2D eigenvalue weighted by molar-refractivity contribution is 7.90. The summed E-state index contributed by atoms with van der Waals surface area (Å²) >= 11 is 0. The largest absolute Gasteiger partial charge is 0.387 e. The third-order valence-electron chi connectivity index (χ3n) is 2.87. The maximum Gasteiger partial charge on any atom is 0.175 e. The highest BCUT2D eigenvalue weighted by Gasteiger charge is 2.08. The molecule has 2 N–H and O–H groups in total. The van der Waals surface area contributed by atoms with E-state index in [1.165, 1.54) is 18.4 Å². The molecule has 0 aliphatic heterocycles. The Kier molecular flexibility index (Phi) is 4.36. The van der Waals surface area contributed by atoms with Crippen LogP contribution in [-0.2, 0) is 9.84 Å². The van der Waals surface area contributed by atoms with E-state index in [2.05, 4.69) is 10.3 Å². The van der Waals surface area contributed by atoms with E-state index in [1.807, 2.05) is 0 Å². The van der Waals surface area contributed by atoms with Gasteiger partial charge in [0.25, 0.3) is 0 Å². The van der Waals surface area contributed by atoms with Crippen molar-refractivity contribution in [3.8, 4) is 0 Å². The van der Waals surface area contributed by atoms with Crippen molar-refractivity contribution in [1.29, 1.82) is 0 Å². The number of hydrogen-bond donors (Lipinski definition) is 2. The smallest absolute Gasteiger partial charge is 0.175 e. The molecule has 1 aromatic carbocycles. The molecule has 106 valence electrons. The van der Waals surface area contributed by atoms with Crippen molar-refractivity contribution in [2.45, 2.75) is 11.0 Å². The van der Waals surface area contributed by atoms with Crippen LogP contribution in [0.1, 0.15) is 11.7 Å². The molecular weight excluding hydrogens is 276 g/mol. The lowest BCUT2D eigenvalue weighted by Crippen LogP contribution is -2.12. The highest BCUT2D eigenvalue weighted by Crippen LogP contribution is 2.16. The zero-order valence-electron chi connectivity index (χ0n) is 11.0. The highest BCUT2D eigenvalue weighted by atomic mass is 32.2. The third-order valence-corrected chi connectivity index (χ3v) is 4.00. The van der Waals surface area contributed by atoms with Crippen molar-refractivity contribution >= 4 is 15.5 Å². The lowest BCUT2D eigenvalue weighted by atomic mass is 10.1. The van der Waals surface area contributed by atoms with Crippen LogP contribution in [0, 0.1) is 0 Å². The second-order valence-corrected chi connectivity index (χ2v) is 6.49. The molecular formula is C14H16N2O3S. The van der Waals surface area contributed by atoms with Gasteiger partial charge in [0.2, 0.25) is 0 Å². The van der Waals surface area contributed by atoms with E-state index in [1.54, 1.807) is 36.7 Å². The number of hydrogen-bond acceptors (Lipinski definition) is 5.